The van der Waals surface area contributed by atoms with E-state index in [0.717, 1.165) is 23.7 Å². The summed E-state index contributed by atoms with van der Waals surface area (Å²) in [6.45, 7) is 0. The molecule has 112 valence electrons. The number of carbonyl (C=O) groups is 1. The molecule has 0 aromatic heterocycles. The van der Waals surface area contributed by atoms with Gasteiger partial charge in [-0.3, -0.25) is 4.79 Å². The van der Waals surface area contributed by atoms with Crippen LogP contribution in [0.3, 0.4) is 0 Å². The first-order valence-corrected chi connectivity index (χ1v) is 8.44. The quantitative estimate of drug-likeness (QED) is 0.533. The van der Waals surface area contributed by atoms with E-state index in [4.69, 9.17) is 5.11 Å². The first-order valence-electron chi connectivity index (χ1n) is 7.65. The summed E-state index contributed by atoms with van der Waals surface area (Å²) in [6.07, 6.45) is 10.9. The molecule has 0 heterocycles. The van der Waals surface area contributed by atoms with E-state index in [0.29, 0.717) is 6.42 Å². The van der Waals surface area contributed by atoms with Crippen molar-refractivity contribution in [2.45, 2.75) is 64.2 Å². The van der Waals surface area contributed by atoms with Crippen LogP contribution in [-0.4, -0.2) is 11.1 Å². The van der Waals surface area contributed by atoms with Gasteiger partial charge in [0, 0.05) is 10.9 Å². The number of hydrogen-bond acceptors (Lipinski definition) is 1. The minimum absolute atomic E-state index is 0.326. The summed E-state index contributed by atoms with van der Waals surface area (Å²) in [4.78, 5) is 10.3. The number of rotatable bonds is 11. The average molecular weight is 341 g/mol. The highest BCUT2D eigenvalue weighted by atomic mass is 79.9. The SMILES string of the molecule is O=C(O)CCCCCCCCCCc1cccc(Br)c1. The molecule has 0 aliphatic carbocycles. The van der Waals surface area contributed by atoms with Crippen molar-refractivity contribution >= 4 is 21.9 Å². The van der Waals surface area contributed by atoms with Crippen LogP contribution in [-0.2, 0) is 11.2 Å². The molecule has 1 aromatic carbocycles. The zero-order valence-corrected chi connectivity index (χ0v) is 13.7. The topological polar surface area (TPSA) is 37.3 Å². The number of aliphatic carboxylic acids is 1. The molecule has 0 aliphatic rings. The average Bonchev–Trinajstić information content (AvgIpc) is 2.40. The molecule has 0 bridgehead atoms. The van der Waals surface area contributed by atoms with Gasteiger partial charge in [0.2, 0.25) is 0 Å². The second-order valence-electron chi connectivity index (χ2n) is 5.35. The van der Waals surface area contributed by atoms with Crippen LogP contribution in [0.5, 0.6) is 0 Å². The molecule has 0 unspecified atom stereocenters. The Morgan fingerprint density at radius 1 is 0.950 bits per heavy atom. The fourth-order valence-electron chi connectivity index (χ4n) is 2.36. The second-order valence-corrected chi connectivity index (χ2v) is 6.27. The maximum atomic E-state index is 10.3. The lowest BCUT2D eigenvalue weighted by molar-refractivity contribution is -0.137. The van der Waals surface area contributed by atoms with Gasteiger partial charge in [-0.1, -0.05) is 66.6 Å². The van der Waals surface area contributed by atoms with Gasteiger partial charge in [0.25, 0.3) is 0 Å². The zero-order chi connectivity index (χ0) is 14.6. The summed E-state index contributed by atoms with van der Waals surface area (Å²) >= 11 is 3.50. The Morgan fingerprint density at radius 2 is 1.55 bits per heavy atom. The van der Waals surface area contributed by atoms with Crippen molar-refractivity contribution in [1.82, 2.24) is 0 Å². The van der Waals surface area contributed by atoms with Gasteiger partial charge in [0.05, 0.1) is 0 Å². The third-order valence-electron chi connectivity index (χ3n) is 3.50. The predicted octanol–water partition coefficient (Wildman–Crippen LogP) is 5.59. The van der Waals surface area contributed by atoms with Gasteiger partial charge >= 0.3 is 5.97 Å². The van der Waals surface area contributed by atoms with Crippen LogP contribution in [0.15, 0.2) is 28.7 Å². The Balaban J connectivity index is 1.89. The number of hydrogen-bond donors (Lipinski definition) is 1. The number of aryl methyl sites for hydroxylation is 1. The minimum Gasteiger partial charge on any atom is -0.481 e. The van der Waals surface area contributed by atoms with Crippen molar-refractivity contribution in [3.63, 3.8) is 0 Å². The highest BCUT2D eigenvalue weighted by molar-refractivity contribution is 9.10. The fourth-order valence-corrected chi connectivity index (χ4v) is 2.81. The van der Waals surface area contributed by atoms with E-state index >= 15 is 0 Å². The van der Waals surface area contributed by atoms with E-state index < -0.39 is 5.97 Å². The van der Waals surface area contributed by atoms with E-state index in [9.17, 15) is 4.79 Å². The van der Waals surface area contributed by atoms with Crippen molar-refractivity contribution in [1.29, 1.82) is 0 Å². The fraction of sp³-hybridized carbons (Fsp3) is 0.588. The predicted molar refractivity (Wildman–Crippen MR) is 87.0 cm³/mol. The van der Waals surface area contributed by atoms with Gasteiger partial charge in [-0.15, -0.1) is 0 Å². The van der Waals surface area contributed by atoms with Crippen LogP contribution < -0.4 is 0 Å². The molecule has 20 heavy (non-hydrogen) atoms. The minimum atomic E-state index is -0.669. The van der Waals surface area contributed by atoms with Crippen molar-refractivity contribution in [2.24, 2.45) is 0 Å². The molecule has 2 nitrogen and oxygen atoms in total. The molecule has 1 rings (SSSR count). The number of carboxylic acid groups (broad SMARTS) is 1. The van der Waals surface area contributed by atoms with Crippen LogP contribution in [0.25, 0.3) is 0 Å². The van der Waals surface area contributed by atoms with Gasteiger partial charge in [-0.2, -0.15) is 0 Å². The first-order chi connectivity index (χ1) is 9.68. The molecule has 1 N–H and O–H groups in total. The molecular formula is C17H25BrO2. The largest absolute Gasteiger partial charge is 0.481 e. The number of halogens is 1. The third kappa shape index (κ3) is 9.13. The third-order valence-corrected chi connectivity index (χ3v) is 3.99. The highest BCUT2D eigenvalue weighted by Crippen LogP contribution is 2.15. The Morgan fingerprint density at radius 3 is 2.15 bits per heavy atom. The van der Waals surface area contributed by atoms with Gasteiger partial charge in [0.15, 0.2) is 0 Å². The standard InChI is InChI=1S/C17H25BrO2/c18-16-12-9-11-15(14-16)10-7-5-3-1-2-4-6-8-13-17(19)20/h9,11-12,14H,1-8,10,13H2,(H,19,20). The summed E-state index contributed by atoms with van der Waals surface area (Å²) in [5, 5.41) is 8.52. The van der Waals surface area contributed by atoms with E-state index in [-0.39, 0.29) is 0 Å². The van der Waals surface area contributed by atoms with Crippen molar-refractivity contribution in [2.75, 3.05) is 0 Å². The summed E-state index contributed by atoms with van der Waals surface area (Å²) in [6, 6.07) is 8.54. The van der Waals surface area contributed by atoms with Gasteiger partial charge in [-0.05, 0) is 37.0 Å². The number of benzene rings is 1. The number of unbranched alkanes of at least 4 members (excludes halogenated alkanes) is 7. The second kappa shape index (κ2) is 10.9. The normalized spacial score (nSPS) is 10.7. The smallest absolute Gasteiger partial charge is 0.303 e. The first kappa shape index (κ1) is 17.2. The van der Waals surface area contributed by atoms with Crippen LogP contribution in [0.2, 0.25) is 0 Å². The molecule has 0 spiro atoms. The van der Waals surface area contributed by atoms with Gasteiger partial charge in [-0.25, -0.2) is 0 Å². The van der Waals surface area contributed by atoms with Gasteiger partial charge in [0.1, 0.15) is 0 Å². The number of carboxylic acids is 1. The van der Waals surface area contributed by atoms with Crippen LogP contribution in [0.4, 0.5) is 0 Å². The molecule has 0 aliphatic heterocycles. The molecule has 3 heteroatoms. The van der Waals surface area contributed by atoms with E-state index in [1.54, 1.807) is 0 Å². The Labute approximate surface area is 130 Å². The molecule has 0 fully saturated rings. The molecule has 0 saturated heterocycles. The molecular weight excluding hydrogens is 316 g/mol. The Kier molecular flexibility index (Phi) is 9.38. The molecule has 0 amide bonds. The Bertz CT molecular complexity index is 390. The lowest BCUT2D eigenvalue weighted by atomic mass is 10.0. The lowest BCUT2D eigenvalue weighted by Gasteiger charge is -2.03. The Hall–Kier alpha value is -0.830. The monoisotopic (exact) mass is 340 g/mol. The van der Waals surface area contributed by atoms with Crippen LogP contribution in [0, 0.1) is 0 Å². The molecule has 0 atom stereocenters. The van der Waals surface area contributed by atoms with Gasteiger partial charge < -0.3 is 5.11 Å². The summed E-state index contributed by atoms with van der Waals surface area (Å²) in [7, 11) is 0. The zero-order valence-electron chi connectivity index (χ0n) is 12.1. The summed E-state index contributed by atoms with van der Waals surface area (Å²) in [5.74, 6) is -0.669. The lowest BCUT2D eigenvalue weighted by Crippen LogP contribution is -1.93. The maximum Gasteiger partial charge on any atom is 0.303 e. The van der Waals surface area contributed by atoms with E-state index in [1.165, 1.54) is 44.1 Å². The molecule has 0 radical (unpaired) electrons. The van der Waals surface area contributed by atoms with Crippen molar-refractivity contribution in [3.05, 3.63) is 34.3 Å². The highest BCUT2D eigenvalue weighted by Gasteiger charge is 1.97. The van der Waals surface area contributed by atoms with Crippen LogP contribution in [0.1, 0.15) is 63.4 Å². The summed E-state index contributed by atoms with van der Waals surface area (Å²) in [5.41, 5.74) is 1.41. The van der Waals surface area contributed by atoms with E-state index in [1.807, 2.05) is 0 Å². The summed E-state index contributed by atoms with van der Waals surface area (Å²) < 4.78 is 1.16. The molecule has 1 aromatic rings. The maximum absolute atomic E-state index is 10.3. The van der Waals surface area contributed by atoms with E-state index in [2.05, 4.69) is 40.2 Å². The van der Waals surface area contributed by atoms with Crippen molar-refractivity contribution in [3.8, 4) is 0 Å². The van der Waals surface area contributed by atoms with Crippen molar-refractivity contribution < 1.29 is 9.90 Å². The molecule has 0 saturated carbocycles. The van der Waals surface area contributed by atoms with Crippen LogP contribution >= 0.6 is 15.9 Å².